The van der Waals surface area contributed by atoms with Crippen molar-refractivity contribution in [2.24, 2.45) is 11.3 Å². The monoisotopic (exact) mass is 285 g/mol. The van der Waals surface area contributed by atoms with Gasteiger partial charge in [-0.2, -0.15) is 0 Å². The Labute approximate surface area is 125 Å². The normalized spacial score (nSPS) is 22.9. The van der Waals surface area contributed by atoms with E-state index in [1.54, 1.807) is 0 Å². The molecule has 20 heavy (non-hydrogen) atoms. The van der Waals surface area contributed by atoms with Crippen LogP contribution in [0, 0.1) is 11.3 Å². The fraction of sp³-hybridized carbons (Fsp3) is 1.00. The predicted molar refractivity (Wildman–Crippen MR) is 86.0 cm³/mol. The van der Waals surface area contributed by atoms with Crippen LogP contribution in [0.5, 0.6) is 0 Å². The Morgan fingerprint density at radius 3 is 2.25 bits per heavy atom. The van der Waals surface area contributed by atoms with E-state index in [1.165, 1.54) is 26.2 Å². The summed E-state index contributed by atoms with van der Waals surface area (Å²) in [6.07, 6.45) is 1.01. The summed E-state index contributed by atoms with van der Waals surface area (Å²) >= 11 is 0. The van der Waals surface area contributed by atoms with Crippen LogP contribution < -0.4 is 5.32 Å². The van der Waals surface area contributed by atoms with Crippen LogP contribution in [-0.4, -0.2) is 73.9 Å². The Balaban J connectivity index is 2.43. The van der Waals surface area contributed by atoms with Crippen molar-refractivity contribution in [2.75, 3.05) is 52.9 Å². The Kier molecular flexibility index (Phi) is 7.45. The van der Waals surface area contributed by atoms with Gasteiger partial charge in [0.2, 0.25) is 0 Å². The maximum atomic E-state index is 9.48. The summed E-state index contributed by atoms with van der Waals surface area (Å²) in [4.78, 5) is 5.03. The van der Waals surface area contributed by atoms with E-state index in [-0.39, 0.29) is 12.0 Å². The van der Waals surface area contributed by atoms with E-state index in [0.717, 1.165) is 19.5 Å². The van der Waals surface area contributed by atoms with Crippen LogP contribution in [0.25, 0.3) is 0 Å². The zero-order valence-corrected chi connectivity index (χ0v) is 14.2. The molecule has 0 spiro atoms. The van der Waals surface area contributed by atoms with Crippen molar-refractivity contribution in [3.05, 3.63) is 0 Å². The molecular formula is C16H35N3O. The van der Waals surface area contributed by atoms with Crippen molar-refractivity contribution < 1.29 is 5.11 Å². The molecule has 2 N–H and O–H groups in total. The van der Waals surface area contributed by atoms with E-state index in [2.05, 4.69) is 49.9 Å². The molecule has 0 amide bonds. The Morgan fingerprint density at radius 1 is 1.20 bits per heavy atom. The number of piperazine rings is 1. The fourth-order valence-electron chi connectivity index (χ4n) is 2.75. The van der Waals surface area contributed by atoms with Gasteiger partial charge in [-0.15, -0.1) is 0 Å². The minimum Gasteiger partial charge on any atom is -0.396 e. The van der Waals surface area contributed by atoms with Gasteiger partial charge in [-0.25, -0.2) is 0 Å². The minimum absolute atomic E-state index is 0.0175. The van der Waals surface area contributed by atoms with Crippen LogP contribution in [0.3, 0.4) is 0 Å². The lowest BCUT2D eigenvalue weighted by molar-refractivity contribution is 0.0817. The Hall–Kier alpha value is -0.160. The highest BCUT2D eigenvalue weighted by Crippen LogP contribution is 2.19. The first-order valence-corrected chi connectivity index (χ1v) is 8.16. The standard InChI is InChI=1S/C16H35N3O/c1-6-16(4,13-20)12-17-11-15(14(2)3)19-9-7-18(5)8-10-19/h14-15,17,20H,6-13H2,1-5H3. The van der Waals surface area contributed by atoms with Crippen LogP contribution in [0.1, 0.15) is 34.1 Å². The Morgan fingerprint density at radius 2 is 1.80 bits per heavy atom. The maximum absolute atomic E-state index is 9.48. The summed E-state index contributed by atoms with van der Waals surface area (Å²) in [5, 5.41) is 13.1. The third-order valence-electron chi connectivity index (χ3n) is 4.92. The molecule has 0 aromatic rings. The van der Waals surface area contributed by atoms with Gasteiger partial charge in [0.05, 0.1) is 0 Å². The van der Waals surface area contributed by atoms with E-state index in [0.29, 0.717) is 12.0 Å². The van der Waals surface area contributed by atoms with Crippen molar-refractivity contribution >= 4 is 0 Å². The topological polar surface area (TPSA) is 38.7 Å². The summed E-state index contributed by atoms with van der Waals surface area (Å²) in [7, 11) is 2.20. The van der Waals surface area contributed by atoms with Gasteiger partial charge in [-0.1, -0.05) is 27.7 Å². The number of nitrogens with zero attached hydrogens (tertiary/aromatic N) is 2. The summed E-state index contributed by atoms with van der Waals surface area (Å²) in [6.45, 7) is 15.8. The molecule has 0 aliphatic carbocycles. The van der Waals surface area contributed by atoms with E-state index in [4.69, 9.17) is 0 Å². The van der Waals surface area contributed by atoms with E-state index in [1.807, 2.05) is 0 Å². The zero-order chi connectivity index (χ0) is 15.2. The molecule has 1 fully saturated rings. The van der Waals surface area contributed by atoms with Gasteiger partial charge in [-0.05, 0) is 19.4 Å². The lowest BCUT2D eigenvalue weighted by atomic mass is 9.88. The second-order valence-electron chi connectivity index (χ2n) is 7.10. The third-order valence-corrected chi connectivity index (χ3v) is 4.92. The lowest BCUT2D eigenvalue weighted by Crippen LogP contribution is -2.54. The molecule has 1 aliphatic rings. The van der Waals surface area contributed by atoms with Crippen molar-refractivity contribution in [2.45, 2.75) is 40.2 Å². The summed E-state index contributed by atoms with van der Waals surface area (Å²) in [5.41, 5.74) is 0.0175. The van der Waals surface area contributed by atoms with Gasteiger partial charge < -0.3 is 15.3 Å². The van der Waals surface area contributed by atoms with Crippen LogP contribution >= 0.6 is 0 Å². The number of rotatable bonds is 8. The number of nitrogens with one attached hydrogen (secondary N) is 1. The highest BCUT2D eigenvalue weighted by molar-refractivity contribution is 4.83. The molecule has 4 heteroatoms. The molecule has 0 saturated carbocycles. The maximum Gasteiger partial charge on any atom is 0.0496 e. The first-order chi connectivity index (χ1) is 9.41. The average Bonchev–Trinajstić information content (AvgIpc) is 2.44. The molecule has 0 radical (unpaired) electrons. The minimum atomic E-state index is 0.0175. The van der Waals surface area contributed by atoms with Gasteiger partial charge in [0.25, 0.3) is 0 Å². The molecule has 1 aliphatic heterocycles. The fourth-order valence-corrected chi connectivity index (χ4v) is 2.75. The second kappa shape index (κ2) is 8.32. The molecule has 1 rings (SSSR count). The largest absolute Gasteiger partial charge is 0.396 e. The number of hydrogen-bond donors (Lipinski definition) is 2. The molecule has 0 bridgehead atoms. The molecule has 1 saturated heterocycles. The molecule has 1 heterocycles. The van der Waals surface area contributed by atoms with Crippen molar-refractivity contribution in [3.63, 3.8) is 0 Å². The predicted octanol–water partition coefficient (Wildman–Crippen LogP) is 1.26. The van der Waals surface area contributed by atoms with Crippen molar-refractivity contribution in [1.82, 2.24) is 15.1 Å². The van der Waals surface area contributed by atoms with Crippen LogP contribution in [0.15, 0.2) is 0 Å². The molecule has 4 nitrogen and oxygen atoms in total. The number of aliphatic hydroxyl groups excluding tert-OH is 1. The second-order valence-corrected chi connectivity index (χ2v) is 7.10. The van der Waals surface area contributed by atoms with Crippen LogP contribution in [-0.2, 0) is 0 Å². The highest BCUT2D eigenvalue weighted by Gasteiger charge is 2.26. The summed E-state index contributed by atoms with van der Waals surface area (Å²) in [5.74, 6) is 0.660. The van der Waals surface area contributed by atoms with Crippen molar-refractivity contribution in [3.8, 4) is 0 Å². The van der Waals surface area contributed by atoms with Gasteiger partial charge >= 0.3 is 0 Å². The first kappa shape index (κ1) is 17.9. The van der Waals surface area contributed by atoms with Crippen LogP contribution in [0.4, 0.5) is 0 Å². The Bertz CT molecular complexity index is 258. The lowest BCUT2D eigenvalue weighted by Gasteiger charge is -2.40. The number of aliphatic hydroxyl groups is 1. The molecular weight excluding hydrogens is 250 g/mol. The highest BCUT2D eigenvalue weighted by atomic mass is 16.3. The quantitative estimate of drug-likeness (QED) is 0.704. The summed E-state index contributed by atoms with van der Waals surface area (Å²) in [6, 6.07) is 0.600. The van der Waals surface area contributed by atoms with Gasteiger partial charge in [0, 0.05) is 57.3 Å². The molecule has 0 aromatic heterocycles. The third kappa shape index (κ3) is 5.32. The SMILES string of the molecule is CCC(C)(CO)CNCC(C(C)C)N1CCN(C)CC1. The number of likely N-dealkylation sites (N-methyl/N-ethyl adjacent to an activating group) is 1. The molecule has 2 unspecified atom stereocenters. The van der Waals surface area contributed by atoms with E-state index in [9.17, 15) is 5.11 Å². The molecule has 120 valence electrons. The summed E-state index contributed by atoms with van der Waals surface area (Å²) < 4.78 is 0. The first-order valence-electron chi connectivity index (χ1n) is 8.16. The van der Waals surface area contributed by atoms with E-state index < -0.39 is 0 Å². The van der Waals surface area contributed by atoms with E-state index >= 15 is 0 Å². The zero-order valence-electron chi connectivity index (χ0n) is 14.2. The van der Waals surface area contributed by atoms with Crippen LogP contribution in [0.2, 0.25) is 0 Å². The number of hydrogen-bond acceptors (Lipinski definition) is 4. The van der Waals surface area contributed by atoms with Crippen molar-refractivity contribution in [1.29, 1.82) is 0 Å². The van der Waals surface area contributed by atoms with Gasteiger partial charge in [0.15, 0.2) is 0 Å². The average molecular weight is 285 g/mol. The smallest absolute Gasteiger partial charge is 0.0496 e. The van der Waals surface area contributed by atoms with Gasteiger partial charge in [0.1, 0.15) is 0 Å². The molecule has 2 atom stereocenters. The van der Waals surface area contributed by atoms with Gasteiger partial charge in [-0.3, -0.25) is 4.90 Å². The molecule has 0 aromatic carbocycles.